The van der Waals surface area contributed by atoms with E-state index in [9.17, 15) is 18.3 Å². The Bertz CT molecular complexity index is 392. The van der Waals surface area contributed by atoms with Gasteiger partial charge in [-0.25, -0.2) is 0 Å². The summed E-state index contributed by atoms with van der Waals surface area (Å²) in [5.41, 5.74) is -0.739. The molecule has 3 nitrogen and oxygen atoms in total. The molecule has 0 amide bonds. The van der Waals surface area contributed by atoms with Crippen LogP contribution in [0.1, 0.15) is 11.7 Å². The quantitative estimate of drug-likeness (QED) is 0.855. The van der Waals surface area contributed by atoms with Crippen LogP contribution in [-0.2, 0) is 0 Å². The third kappa shape index (κ3) is 2.51. The lowest BCUT2D eigenvalue weighted by molar-refractivity contribution is -0.207. The van der Waals surface area contributed by atoms with Gasteiger partial charge in [0.2, 0.25) is 0 Å². The molecule has 0 saturated heterocycles. The third-order valence-electron chi connectivity index (χ3n) is 1.89. The number of benzene rings is 1. The fraction of sp³-hybridized carbons (Fsp3) is 0.333. The lowest BCUT2D eigenvalue weighted by Gasteiger charge is -2.17. The fourth-order valence-electron chi connectivity index (χ4n) is 1.13. The summed E-state index contributed by atoms with van der Waals surface area (Å²) in [5, 5.41) is 18.3. The maximum absolute atomic E-state index is 12.2. The van der Waals surface area contributed by atoms with Gasteiger partial charge < -0.3 is 14.9 Å². The molecular weight excluding hydrogens is 249 g/mol. The number of ether oxygens (including phenoxy) is 1. The van der Waals surface area contributed by atoms with Gasteiger partial charge in [-0.1, -0.05) is 11.6 Å². The highest BCUT2D eigenvalue weighted by atomic mass is 35.5. The average molecular weight is 257 g/mol. The number of phenols is 1. The Balaban J connectivity index is 3.28. The molecule has 0 saturated carbocycles. The van der Waals surface area contributed by atoms with Crippen LogP contribution in [0.15, 0.2) is 12.1 Å². The van der Waals surface area contributed by atoms with E-state index in [0.29, 0.717) is 0 Å². The average Bonchev–Trinajstić information content (AvgIpc) is 2.18. The molecule has 16 heavy (non-hydrogen) atoms. The van der Waals surface area contributed by atoms with Gasteiger partial charge in [0.15, 0.2) is 17.6 Å². The van der Waals surface area contributed by atoms with Crippen LogP contribution in [0, 0.1) is 0 Å². The van der Waals surface area contributed by atoms with Crippen molar-refractivity contribution < 1.29 is 28.1 Å². The summed E-state index contributed by atoms with van der Waals surface area (Å²) in [7, 11) is 1.16. The molecule has 0 unspecified atom stereocenters. The number of hydrogen-bond donors (Lipinski definition) is 2. The van der Waals surface area contributed by atoms with E-state index in [1.807, 2.05) is 0 Å². The maximum atomic E-state index is 12.2. The highest BCUT2D eigenvalue weighted by molar-refractivity contribution is 6.30. The van der Waals surface area contributed by atoms with E-state index in [2.05, 4.69) is 4.74 Å². The first kappa shape index (κ1) is 12.9. The van der Waals surface area contributed by atoms with Gasteiger partial charge in [0.05, 0.1) is 7.11 Å². The van der Waals surface area contributed by atoms with Crippen molar-refractivity contribution in [1.29, 1.82) is 0 Å². The highest BCUT2D eigenvalue weighted by Crippen LogP contribution is 2.42. The van der Waals surface area contributed by atoms with Gasteiger partial charge in [-0.05, 0) is 6.07 Å². The molecule has 0 aromatic heterocycles. The second kappa shape index (κ2) is 4.39. The van der Waals surface area contributed by atoms with Crippen LogP contribution in [-0.4, -0.2) is 23.5 Å². The van der Waals surface area contributed by atoms with E-state index in [1.165, 1.54) is 0 Å². The van der Waals surface area contributed by atoms with Gasteiger partial charge in [-0.2, -0.15) is 13.2 Å². The summed E-state index contributed by atoms with van der Waals surface area (Å²) < 4.78 is 41.3. The Kier molecular flexibility index (Phi) is 3.54. The first-order chi connectivity index (χ1) is 7.27. The van der Waals surface area contributed by atoms with Gasteiger partial charge in [-0.3, -0.25) is 0 Å². The number of hydrogen-bond acceptors (Lipinski definition) is 3. The smallest absolute Gasteiger partial charge is 0.418 e. The van der Waals surface area contributed by atoms with E-state index in [4.69, 9.17) is 16.7 Å². The molecule has 0 radical (unpaired) electrons. The van der Waals surface area contributed by atoms with Crippen molar-refractivity contribution in [3.05, 3.63) is 22.7 Å². The molecule has 0 heterocycles. The van der Waals surface area contributed by atoms with E-state index in [1.54, 1.807) is 0 Å². The van der Waals surface area contributed by atoms with Crippen LogP contribution >= 0.6 is 11.6 Å². The van der Waals surface area contributed by atoms with Gasteiger partial charge >= 0.3 is 6.18 Å². The SMILES string of the molecule is COc1cc(Cl)cc([C@H](O)C(F)(F)F)c1O. The minimum Gasteiger partial charge on any atom is -0.504 e. The van der Waals surface area contributed by atoms with Gasteiger partial charge in [-0.15, -0.1) is 0 Å². The van der Waals surface area contributed by atoms with Gasteiger partial charge in [0, 0.05) is 16.7 Å². The van der Waals surface area contributed by atoms with Crippen LogP contribution in [0.25, 0.3) is 0 Å². The second-order valence-corrected chi connectivity index (χ2v) is 3.43. The maximum Gasteiger partial charge on any atom is 0.418 e. The number of aliphatic hydroxyl groups excluding tert-OH is 1. The molecule has 0 spiro atoms. The molecule has 1 rings (SSSR count). The number of aromatic hydroxyl groups is 1. The number of rotatable bonds is 2. The predicted octanol–water partition coefficient (Wildman–Crippen LogP) is 2.65. The zero-order valence-corrected chi connectivity index (χ0v) is 8.80. The first-order valence-corrected chi connectivity index (χ1v) is 4.46. The molecule has 0 aliphatic heterocycles. The molecule has 0 bridgehead atoms. The molecule has 7 heteroatoms. The van der Waals surface area contributed by atoms with Crippen molar-refractivity contribution in [2.24, 2.45) is 0 Å². The van der Waals surface area contributed by atoms with Crippen molar-refractivity contribution in [3.63, 3.8) is 0 Å². The van der Waals surface area contributed by atoms with Crippen LogP contribution in [0.4, 0.5) is 13.2 Å². The third-order valence-corrected chi connectivity index (χ3v) is 2.11. The topological polar surface area (TPSA) is 49.7 Å². The Morgan fingerprint density at radius 3 is 2.38 bits per heavy atom. The van der Waals surface area contributed by atoms with Crippen molar-refractivity contribution in [3.8, 4) is 11.5 Å². The van der Waals surface area contributed by atoms with Crippen molar-refractivity contribution in [1.82, 2.24) is 0 Å². The highest BCUT2D eigenvalue weighted by Gasteiger charge is 2.41. The Morgan fingerprint density at radius 1 is 1.38 bits per heavy atom. The summed E-state index contributed by atoms with van der Waals surface area (Å²) in [4.78, 5) is 0. The normalized spacial score (nSPS) is 13.6. The molecule has 1 aromatic rings. The van der Waals surface area contributed by atoms with Crippen molar-refractivity contribution >= 4 is 11.6 Å². The molecule has 2 N–H and O–H groups in total. The zero-order valence-electron chi connectivity index (χ0n) is 8.05. The van der Waals surface area contributed by atoms with Crippen LogP contribution in [0.5, 0.6) is 11.5 Å². The molecule has 0 aliphatic carbocycles. The number of phenolic OH excluding ortho intramolecular Hbond substituents is 1. The van der Waals surface area contributed by atoms with E-state index < -0.39 is 23.6 Å². The summed E-state index contributed by atoms with van der Waals surface area (Å²) >= 11 is 5.53. The molecule has 0 aliphatic rings. The predicted molar refractivity (Wildman–Crippen MR) is 50.7 cm³/mol. The van der Waals surface area contributed by atoms with Crippen LogP contribution < -0.4 is 4.74 Å². The minimum atomic E-state index is -4.88. The minimum absolute atomic E-state index is 0.0760. The van der Waals surface area contributed by atoms with Gasteiger partial charge in [0.25, 0.3) is 0 Å². The largest absolute Gasteiger partial charge is 0.504 e. The molecule has 0 fully saturated rings. The number of halogens is 4. The Hall–Kier alpha value is -1.14. The van der Waals surface area contributed by atoms with Crippen molar-refractivity contribution in [2.45, 2.75) is 12.3 Å². The summed E-state index contributed by atoms with van der Waals surface area (Å²) in [6.07, 6.45) is -7.69. The van der Waals surface area contributed by atoms with E-state index in [0.717, 1.165) is 19.2 Å². The van der Waals surface area contributed by atoms with Crippen LogP contribution in [0.2, 0.25) is 5.02 Å². The second-order valence-electron chi connectivity index (χ2n) is 2.99. The monoisotopic (exact) mass is 256 g/mol. The lowest BCUT2D eigenvalue weighted by atomic mass is 10.1. The Labute approximate surface area is 94.0 Å². The standard InChI is InChI=1S/C9H8ClF3O3/c1-16-6-3-4(10)2-5(7(6)14)8(15)9(11,12)13/h2-3,8,14-15H,1H3/t8-/m0/s1. The first-order valence-electron chi connectivity index (χ1n) is 4.08. The van der Waals surface area contributed by atoms with E-state index >= 15 is 0 Å². The molecular formula is C9H8ClF3O3. The molecule has 1 atom stereocenters. The zero-order chi connectivity index (χ0) is 12.5. The summed E-state index contributed by atoms with van der Waals surface area (Å²) in [5.74, 6) is -1.01. The van der Waals surface area contributed by atoms with Crippen LogP contribution in [0.3, 0.4) is 0 Å². The van der Waals surface area contributed by atoms with Gasteiger partial charge in [0.1, 0.15) is 0 Å². The fourth-order valence-corrected chi connectivity index (χ4v) is 1.35. The number of aliphatic hydroxyl groups is 1. The lowest BCUT2D eigenvalue weighted by Crippen LogP contribution is -2.20. The summed E-state index contributed by atoms with van der Waals surface area (Å²) in [6, 6.07) is 1.97. The van der Waals surface area contributed by atoms with E-state index in [-0.39, 0.29) is 10.8 Å². The number of alkyl halides is 3. The Morgan fingerprint density at radius 2 is 1.94 bits per heavy atom. The number of methoxy groups -OCH3 is 1. The van der Waals surface area contributed by atoms with Crippen molar-refractivity contribution in [2.75, 3.05) is 7.11 Å². The molecule has 1 aromatic carbocycles. The molecule has 90 valence electrons. The summed E-state index contributed by atoms with van der Waals surface area (Å²) in [6.45, 7) is 0.